The number of aryl methyl sites for hydroxylation is 5. The molecule has 4 aromatic rings. The maximum Gasteiger partial charge on any atom is 0.270 e. The molecule has 2 heterocycles. The molecule has 0 radical (unpaired) electrons. The van der Waals surface area contributed by atoms with Crippen LogP contribution < -0.4 is 9.80 Å². The normalized spacial score (nSPS) is 15.0. The van der Waals surface area contributed by atoms with Crippen LogP contribution in [0.5, 0.6) is 0 Å². The zero-order valence-corrected chi connectivity index (χ0v) is 23.9. The van der Waals surface area contributed by atoms with Gasteiger partial charge in [-0.05, 0) is 130 Å². The number of nitrogens with zero attached hydrogens (tertiary/aromatic N) is 3. The van der Waals surface area contributed by atoms with Crippen LogP contribution in [0.1, 0.15) is 39.2 Å². The van der Waals surface area contributed by atoms with Crippen LogP contribution in [-0.4, -0.2) is 21.5 Å². The maximum absolute atomic E-state index is 14.0. The van der Waals surface area contributed by atoms with Gasteiger partial charge in [-0.2, -0.15) is 0 Å². The van der Waals surface area contributed by atoms with Crippen LogP contribution in [0.4, 0.5) is 11.4 Å². The van der Waals surface area contributed by atoms with Crippen molar-refractivity contribution in [1.82, 2.24) is 4.57 Å². The van der Waals surface area contributed by atoms with Gasteiger partial charge >= 0.3 is 0 Å². The van der Waals surface area contributed by atoms with Gasteiger partial charge in [0, 0.05) is 17.1 Å². The number of anilines is 2. The van der Waals surface area contributed by atoms with Gasteiger partial charge in [0.25, 0.3) is 11.8 Å². The summed E-state index contributed by atoms with van der Waals surface area (Å²) in [6.07, 6.45) is 1.70. The molecule has 1 aliphatic heterocycles. The van der Waals surface area contributed by atoms with Crippen LogP contribution >= 0.6 is 12.2 Å². The Kier molecular flexibility index (Phi) is 6.83. The second-order valence-corrected chi connectivity index (χ2v) is 10.5. The highest BCUT2D eigenvalue weighted by molar-refractivity contribution is 7.81. The summed E-state index contributed by atoms with van der Waals surface area (Å²) in [6.45, 7) is 12.2. The van der Waals surface area contributed by atoms with E-state index in [1.165, 1.54) is 20.9 Å². The highest BCUT2D eigenvalue weighted by Crippen LogP contribution is 2.32. The predicted molar refractivity (Wildman–Crippen MR) is 163 cm³/mol. The quantitative estimate of drug-likeness (QED) is 0.160. The molecule has 0 spiro atoms. The predicted octanol–water partition coefficient (Wildman–Crippen LogP) is 7.08. The minimum atomic E-state index is -0.438. The number of para-hydroxylation sites is 1. The van der Waals surface area contributed by atoms with Gasteiger partial charge < -0.3 is 4.57 Å². The van der Waals surface area contributed by atoms with E-state index in [4.69, 9.17) is 12.2 Å². The lowest BCUT2D eigenvalue weighted by molar-refractivity contribution is -0.120. The number of amides is 2. The van der Waals surface area contributed by atoms with Crippen molar-refractivity contribution in [3.05, 3.63) is 118 Å². The van der Waals surface area contributed by atoms with Gasteiger partial charge in [0.1, 0.15) is 5.57 Å². The standard InChI is InChI=1S/C33H31N3O2S/c1-20-12-14-28(16-22(20)3)34-24(5)18-26(25(34)6)19-30-31(37)35(27-10-8-7-9-11-27)33(39)36(32(30)38)29-15-13-21(2)23(4)17-29/h7-19H,1-6H3/b30-19+. The lowest BCUT2D eigenvalue weighted by Crippen LogP contribution is -2.57. The third kappa shape index (κ3) is 4.61. The Bertz CT molecular complexity index is 1680. The molecule has 3 aromatic carbocycles. The molecule has 0 N–H and O–H groups in total. The summed E-state index contributed by atoms with van der Waals surface area (Å²) in [5, 5.41) is 0.136. The van der Waals surface area contributed by atoms with Crippen LogP contribution in [0.3, 0.4) is 0 Å². The molecule has 5 nitrogen and oxygen atoms in total. The van der Waals surface area contributed by atoms with Crippen molar-refractivity contribution in [2.24, 2.45) is 0 Å². The fourth-order valence-electron chi connectivity index (χ4n) is 4.98. The van der Waals surface area contributed by atoms with Crippen LogP contribution in [0.2, 0.25) is 0 Å². The summed E-state index contributed by atoms with van der Waals surface area (Å²) >= 11 is 5.78. The lowest BCUT2D eigenvalue weighted by Gasteiger charge is -2.36. The van der Waals surface area contributed by atoms with E-state index >= 15 is 0 Å². The van der Waals surface area contributed by atoms with E-state index in [1.807, 2.05) is 82.3 Å². The highest BCUT2D eigenvalue weighted by atomic mass is 32.1. The first kappa shape index (κ1) is 26.3. The number of hydrogen-bond acceptors (Lipinski definition) is 3. The molecule has 0 unspecified atom stereocenters. The number of benzene rings is 3. The van der Waals surface area contributed by atoms with E-state index in [1.54, 1.807) is 6.08 Å². The molecule has 6 heteroatoms. The molecule has 0 aliphatic carbocycles. The topological polar surface area (TPSA) is 45.6 Å². The van der Waals surface area contributed by atoms with E-state index in [0.717, 1.165) is 33.8 Å². The third-order valence-corrected chi connectivity index (χ3v) is 7.90. The second kappa shape index (κ2) is 10.1. The molecule has 1 aromatic heterocycles. The average molecular weight is 534 g/mol. The largest absolute Gasteiger partial charge is 0.318 e. The molecular formula is C33H31N3O2S. The Morgan fingerprint density at radius 1 is 0.615 bits per heavy atom. The molecular weight excluding hydrogens is 502 g/mol. The van der Waals surface area contributed by atoms with E-state index in [0.29, 0.717) is 11.4 Å². The molecule has 1 saturated heterocycles. The Morgan fingerprint density at radius 2 is 1.15 bits per heavy atom. The average Bonchev–Trinajstić information content (AvgIpc) is 3.18. The molecule has 196 valence electrons. The highest BCUT2D eigenvalue weighted by Gasteiger charge is 2.41. The number of rotatable bonds is 4. The second-order valence-electron chi connectivity index (χ2n) is 10.2. The first-order valence-corrected chi connectivity index (χ1v) is 13.3. The summed E-state index contributed by atoms with van der Waals surface area (Å²) < 4.78 is 2.15. The van der Waals surface area contributed by atoms with Crippen molar-refractivity contribution in [1.29, 1.82) is 0 Å². The van der Waals surface area contributed by atoms with Gasteiger partial charge in [-0.3, -0.25) is 19.4 Å². The summed E-state index contributed by atoms with van der Waals surface area (Å²) in [5.74, 6) is -0.872. The summed E-state index contributed by atoms with van der Waals surface area (Å²) in [5.41, 5.74) is 9.69. The molecule has 0 bridgehead atoms. The fraction of sp³-hybridized carbons (Fsp3) is 0.182. The minimum Gasteiger partial charge on any atom is -0.318 e. The molecule has 0 atom stereocenters. The monoisotopic (exact) mass is 533 g/mol. The smallest absolute Gasteiger partial charge is 0.270 e. The maximum atomic E-state index is 14.0. The SMILES string of the molecule is Cc1ccc(N2C(=O)/C(=C/c3cc(C)n(-c4ccc(C)c(C)c4)c3C)C(=O)N(c3ccccc3)C2=S)cc1C. The van der Waals surface area contributed by atoms with Crippen LogP contribution in [-0.2, 0) is 9.59 Å². The first-order valence-electron chi connectivity index (χ1n) is 12.9. The van der Waals surface area contributed by atoms with Crippen LogP contribution in [0.25, 0.3) is 11.8 Å². The zero-order valence-electron chi connectivity index (χ0n) is 23.1. The lowest BCUT2D eigenvalue weighted by atomic mass is 10.0. The van der Waals surface area contributed by atoms with E-state index < -0.39 is 11.8 Å². The van der Waals surface area contributed by atoms with Crippen molar-refractivity contribution in [3.8, 4) is 5.69 Å². The summed E-state index contributed by atoms with van der Waals surface area (Å²) in [4.78, 5) is 30.8. The van der Waals surface area contributed by atoms with E-state index in [2.05, 4.69) is 36.6 Å². The molecule has 39 heavy (non-hydrogen) atoms. The van der Waals surface area contributed by atoms with Crippen molar-refractivity contribution >= 4 is 46.6 Å². The van der Waals surface area contributed by atoms with Crippen LogP contribution in [0, 0.1) is 41.5 Å². The van der Waals surface area contributed by atoms with Crippen molar-refractivity contribution in [2.75, 3.05) is 9.80 Å². The Hall–Kier alpha value is -4.29. The molecule has 2 amide bonds. The van der Waals surface area contributed by atoms with Gasteiger partial charge in [0.05, 0.1) is 11.4 Å². The summed E-state index contributed by atoms with van der Waals surface area (Å²) in [6, 6.07) is 23.4. The zero-order chi connectivity index (χ0) is 28.0. The van der Waals surface area contributed by atoms with E-state index in [9.17, 15) is 9.59 Å². The van der Waals surface area contributed by atoms with Gasteiger partial charge in [-0.25, -0.2) is 0 Å². The van der Waals surface area contributed by atoms with Gasteiger partial charge in [0.2, 0.25) is 0 Å². The Balaban J connectivity index is 1.66. The van der Waals surface area contributed by atoms with Gasteiger partial charge in [-0.15, -0.1) is 0 Å². The molecule has 1 fully saturated rings. The van der Waals surface area contributed by atoms with Gasteiger partial charge in [0.15, 0.2) is 5.11 Å². The third-order valence-electron chi connectivity index (χ3n) is 7.53. The molecule has 5 rings (SSSR count). The fourth-order valence-corrected chi connectivity index (χ4v) is 5.35. The molecule has 1 aliphatic rings. The first-order chi connectivity index (χ1) is 18.6. The molecule has 0 saturated carbocycles. The Morgan fingerprint density at radius 3 is 1.74 bits per heavy atom. The van der Waals surface area contributed by atoms with E-state index in [-0.39, 0.29) is 10.7 Å². The van der Waals surface area contributed by atoms with Crippen LogP contribution in [0.15, 0.2) is 78.4 Å². The number of aromatic nitrogens is 1. The number of carbonyl (C=O) groups is 2. The number of carbonyl (C=O) groups excluding carboxylic acids is 2. The van der Waals surface area contributed by atoms with Crippen molar-refractivity contribution in [2.45, 2.75) is 41.5 Å². The number of hydrogen-bond donors (Lipinski definition) is 0. The van der Waals surface area contributed by atoms with Crippen molar-refractivity contribution < 1.29 is 9.59 Å². The van der Waals surface area contributed by atoms with Crippen molar-refractivity contribution in [3.63, 3.8) is 0 Å². The Labute approximate surface area is 235 Å². The van der Waals surface area contributed by atoms with Gasteiger partial charge in [-0.1, -0.05) is 30.3 Å². The number of thiocarbonyl (C=S) groups is 1. The minimum absolute atomic E-state index is 0.0611. The summed E-state index contributed by atoms with van der Waals surface area (Å²) in [7, 11) is 0.